The lowest BCUT2D eigenvalue weighted by atomic mass is 9.90. The number of rotatable bonds is 8. The molecule has 0 radical (unpaired) electrons. The summed E-state index contributed by atoms with van der Waals surface area (Å²) in [6.07, 6.45) is 0.289. The lowest BCUT2D eigenvalue weighted by molar-refractivity contribution is -0.158. The molecule has 3 heterocycles. The van der Waals surface area contributed by atoms with Gasteiger partial charge in [-0.15, -0.1) is 0 Å². The molecule has 10 atom stereocenters. The average Bonchev–Trinajstić information content (AvgIpc) is 1.49. The minimum atomic E-state index is -4.75. The summed E-state index contributed by atoms with van der Waals surface area (Å²) in [6, 6.07) is 0.180. The van der Waals surface area contributed by atoms with E-state index < -0.39 is 154 Å². The molecular weight excluding hydrogens is 1220 g/mol. The van der Waals surface area contributed by atoms with E-state index in [1.54, 1.807) is 26.0 Å². The largest absolute Gasteiger partial charge is 0.417 e. The Balaban J connectivity index is 1.24. The predicted octanol–water partition coefficient (Wildman–Crippen LogP) is 4.78. The Morgan fingerprint density at radius 1 is 0.630 bits per heavy atom. The number of aryl methyl sites for hydroxylation is 2. The molecule has 2 aromatic carbocycles. The fourth-order valence-electron chi connectivity index (χ4n) is 13.5. The Hall–Kier alpha value is -7.31. The number of carbonyl (C=O) groups excluding carboxylic acids is 11. The molecule has 3 aliphatic heterocycles. The van der Waals surface area contributed by atoms with E-state index in [1.807, 2.05) is 26.0 Å². The standard InChI is InChI=1S/C66H93ClF3N11O11/c1-12-39(3)54-63(91)75(7)37-53(83)80-33-29-50(80)61(89)78(10)51(36-44-23-21-38(2)22-24-44)62(90)77(9)42(6)56(84)72-48(28-26-43-25-27-46(47(67)35-43)66(68,69)70)60(88)81-32-17-20-49(81)58(86)74-65(30-15-16-31-65)64(92)79(11)55(45-18-13-14-19-45)59(87)71-40(4)34-52(82)76(8)41(5)57(85)73-54/h21-25,27,35,39-42,45,48-51,54-55H,12-20,26,28-34,36-37H2,1-11H3,(H,71,87)(H,72,84)(H,73,85)(H,74,86)/t39-,40+,41-,42+,48-,49-,50-,51-,54-,55-/m0/s1. The number of hydrogen-bond acceptors (Lipinski definition) is 11. The van der Waals surface area contributed by atoms with Gasteiger partial charge in [0, 0.05) is 67.2 Å². The van der Waals surface area contributed by atoms with Crippen molar-refractivity contribution in [2.24, 2.45) is 11.8 Å². The van der Waals surface area contributed by atoms with Crippen molar-refractivity contribution in [2.75, 3.05) is 54.9 Å². The molecule has 22 nitrogen and oxygen atoms in total. The van der Waals surface area contributed by atoms with Crippen molar-refractivity contribution < 1.29 is 65.9 Å². The third kappa shape index (κ3) is 16.5. The number of carbonyl (C=O) groups is 11. The number of hydrogen-bond donors (Lipinski definition) is 4. The number of fused-ring (bicyclic) bond motifs is 2. The van der Waals surface area contributed by atoms with Crippen LogP contribution in [-0.2, 0) is 71.8 Å². The highest BCUT2D eigenvalue weighted by atomic mass is 35.5. The lowest BCUT2D eigenvalue weighted by Gasteiger charge is -2.44. The van der Waals surface area contributed by atoms with E-state index in [9.17, 15) is 51.5 Å². The fourth-order valence-corrected chi connectivity index (χ4v) is 13.8. The van der Waals surface area contributed by atoms with Gasteiger partial charge in [0.25, 0.3) is 0 Å². The highest BCUT2D eigenvalue weighted by Gasteiger charge is 2.51. The highest BCUT2D eigenvalue weighted by Crippen LogP contribution is 2.38. The summed E-state index contributed by atoms with van der Waals surface area (Å²) in [5.74, 6) is -7.50. The highest BCUT2D eigenvalue weighted by molar-refractivity contribution is 6.31. The number of halogens is 4. The van der Waals surface area contributed by atoms with Crippen molar-refractivity contribution >= 4 is 76.6 Å². The molecule has 506 valence electrons. The van der Waals surface area contributed by atoms with E-state index in [2.05, 4.69) is 21.3 Å². The summed E-state index contributed by atoms with van der Waals surface area (Å²) in [5.41, 5.74) is -0.667. The number of likely N-dealkylation sites (N-methyl/N-ethyl adjacent to an activating group) is 5. The summed E-state index contributed by atoms with van der Waals surface area (Å²) in [6.45, 7) is 9.77. The first kappa shape index (κ1) is 72.1. The molecule has 11 amide bonds. The van der Waals surface area contributed by atoms with Crippen LogP contribution in [0.4, 0.5) is 13.2 Å². The minimum absolute atomic E-state index is 0.0306. The van der Waals surface area contributed by atoms with Crippen LogP contribution in [0, 0.1) is 18.8 Å². The number of benzene rings is 2. The van der Waals surface area contributed by atoms with Gasteiger partial charge in [-0.1, -0.05) is 93.4 Å². The fraction of sp³-hybridized carbons (Fsp3) is 0.652. The van der Waals surface area contributed by atoms with Crippen LogP contribution >= 0.6 is 11.6 Å². The van der Waals surface area contributed by atoms with E-state index in [-0.39, 0.29) is 70.4 Å². The van der Waals surface area contributed by atoms with Crippen LogP contribution < -0.4 is 21.3 Å². The molecule has 2 saturated carbocycles. The Kier molecular flexibility index (Phi) is 24.0. The Morgan fingerprint density at radius 2 is 1.25 bits per heavy atom. The van der Waals surface area contributed by atoms with Crippen LogP contribution in [-0.4, -0.2) is 214 Å². The molecule has 0 unspecified atom stereocenters. The molecule has 2 aliphatic carbocycles. The van der Waals surface area contributed by atoms with Gasteiger partial charge in [-0.05, 0) is 121 Å². The summed E-state index contributed by atoms with van der Waals surface area (Å²) in [4.78, 5) is 170. The second kappa shape index (κ2) is 30.6. The van der Waals surface area contributed by atoms with Gasteiger partial charge in [-0.3, -0.25) is 52.7 Å². The molecule has 5 aliphatic rings. The molecule has 0 aromatic heterocycles. The monoisotopic (exact) mass is 1310 g/mol. The SMILES string of the molecule is CC[C@H](C)[C@@H]1NC(=O)[C@H](C)N(C)C(=O)C[C@@H](C)NC(=O)[C@H](C2CCCC2)N(C)C(=O)C2(CCCC2)NC(=O)[C@@H]2CCCN2C(=O)[C@H](CCc2ccc(C(F)(F)F)c(Cl)c2)NC(=O)[C@@H](C)N(C)C(=O)[C@H](Cc2ccc(C)cc2)N(C)C(=O)[C@@H]2CCN2C(=O)CN(C)C1=O. The van der Waals surface area contributed by atoms with Crippen molar-refractivity contribution in [1.82, 2.24) is 55.6 Å². The van der Waals surface area contributed by atoms with Crippen LogP contribution in [0.15, 0.2) is 42.5 Å². The van der Waals surface area contributed by atoms with Crippen molar-refractivity contribution in [3.05, 3.63) is 69.7 Å². The maximum Gasteiger partial charge on any atom is 0.417 e. The third-order valence-electron chi connectivity index (χ3n) is 19.9. The predicted molar refractivity (Wildman–Crippen MR) is 337 cm³/mol. The van der Waals surface area contributed by atoms with Crippen molar-refractivity contribution in [1.29, 1.82) is 0 Å². The zero-order valence-electron chi connectivity index (χ0n) is 55.0. The molecule has 3 saturated heterocycles. The second-order valence-corrected chi connectivity index (χ2v) is 26.7. The van der Waals surface area contributed by atoms with E-state index in [4.69, 9.17) is 11.6 Å². The zero-order chi connectivity index (χ0) is 67.8. The summed E-state index contributed by atoms with van der Waals surface area (Å²) < 4.78 is 41.5. The number of nitrogens with zero attached hydrogens (tertiary/aromatic N) is 7. The van der Waals surface area contributed by atoms with Gasteiger partial charge >= 0.3 is 6.18 Å². The number of amides is 11. The normalized spacial score (nSPS) is 27.8. The first-order valence-electron chi connectivity index (χ1n) is 32.4. The first-order chi connectivity index (χ1) is 43.3. The van der Waals surface area contributed by atoms with Gasteiger partial charge in [0.15, 0.2) is 0 Å². The van der Waals surface area contributed by atoms with Crippen LogP contribution in [0.1, 0.15) is 147 Å². The lowest BCUT2D eigenvalue weighted by Crippen LogP contribution is -2.65. The molecule has 4 N–H and O–H groups in total. The smallest absolute Gasteiger partial charge is 0.351 e. The quantitative estimate of drug-likeness (QED) is 0.280. The molecule has 7 rings (SSSR count). The summed E-state index contributed by atoms with van der Waals surface area (Å²) in [7, 11) is 7.16. The summed E-state index contributed by atoms with van der Waals surface area (Å²) in [5, 5.41) is 11.0. The van der Waals surface area contributed by atoms with Crippen LogP contribution in [0.25, 0.3) is 0 Å². The van der Waals surface area contributed by atoms with Crippen molar-refractivity contribution in [2.45, 2.75) is 210 Å². The summed E-state index contributed by atoms with van der Waals surface area (Å²) >= 11 is 6.14. The van der Waals surface area contributed by atoms with Crippen LogP contribution in [0.5, 0.6) is 0 Å². The zero-order valence-corrected chi connectivity index (χ0v) is 55.7. The molecule has 26 heteroatoms. The topological polar surface area (TPSA) is 259 Å². The van der Waals surface area contributed by atoms with Gasteiger partial charge in [-0.2, -0.15) is 13.2 Å². The Morgan fingerprint density at radius 3 is 1.85 bits per heavy atom. The maximum atomic E-state index is 15.2. The molecule has 0 bridgehead atoms. The molecule has 2 aromatic rings. The molecule has 92 heavy (non-hydrogen) atoms. The average molecular weight is 1310 g/mol. The van der Waals surface area contributed by atoms with Gasteiger partial charge in [0.05, 0.1) is 17.1 Å². The first-order valence-corrected chi connectivity index (χ1v) is 32.7. The van der Waals surface area contributed by atoms with E-state index >= 15 is 14.4 Å². The van der Waals surface area contributed by atoms with Crippen molar-refractivity contribution in [3.63, 3.8) is 0 Å². The number of nitrogens with one attached hydrogen (secondary N) is 4. The van der Waals surface area contributed by atoms with Gasteiger partial charge in [0.1, 0.15) is 53.9 Å². The molecular formula is C66H93ClF3N11O11. The minimum Gasteiger partial charge on any atom is -0.351 e. The number of alkyl halides is 3. The van der Waals surface area contributed by atoms with Gasteiger partial charge < -0.3 is 55.6 Å². The van der Waals surface area contributed by atoms with Gasteiger partial charge in [0.2, 0.25) is 65.0 Å². The van der Waals surface area contributed by atoms with Gasteiger partial charge in [-0.25, -0.2) is 0 Å². The Bertz CT molecular complexity index is 3090. The maximum absolute atomic E-state index is 15.2. The van der Waals surface area contributed by atoms with Crippen molar-refractivity contribution in [3.8, 4) is 0 Å². The van der Waals surface area contributed by atoms with E-state index in [0.717, 1.165) is 35.4 Å². The van der Waals surface area contributed by atoms with Crippen LogP contribution in [0.2, 0.25) is 5.02 Å². The van der Waals surface area contributed by atoms with Crippen LogP contribution in [0.3, 0.4) is 0 Å². The second-order valence-electron chi connectivity index (χ2n) is 26.3. The Labute approximate surface area is 542 Å². The third-order valence-corrected chi connectivity index (χ3v) is 20.2. The molecule has 1 spiro atoms. The van der Waals surface area contributed by atoms with E-state index in [1.165, 1.54) is 84.6 Å². The van der Waals surface area contributed by atoms with E-state index in [0.29, 0.717) is 49.7 Å². The molecule has 5 fully saturated rings.